The summed E-state index contributed by atoms with van der Waals surface area (Å²) in [7, 11) is 1.64. The number of benzene rings is 1. The number of hydrogen-bond donors (Lipinski definition) is 2. The van der Waals surface area contributed by atoms with Crippen molar-refractivity contribution in [1.29, 1.82) is 0 Å². The summed E-state index contributed by atoms with van der Waals surface area (Å²) in [6.45, 7) is 2.10. The van der Waals surface area contributed by atoms with Crippen LogP contribution in [0.1, 0.15) is 24.4 Å². The van der Waals surface area contributed by atoms with Gasteiger partial charge in [-0.3, -0.25) is 0 Å². The second-order valence-corrected chi connectivity index (χ2v) is 4.91. The van der Waals surface area contributed by atoms with Gasteiger partial charge in [0, 0.05) is 11.1 Å². The standard InChI is InChI=1S/C13H19ClN2O/c1-17-10-2-3-11(12(14)8-10)13(15)9-4-6-16-7-5-9/h2-3,8-9,13,16H,4-7,15H2,1H3. The molecule has 1 heterocycles. The number of hydrogen-bond acceptors (Lipinski definition) is 3. The molecule has 0 saturated carbocycles. The second kappa shape index (κ2) is 5.71. The lowest BCUT2D eigenvalue weighted by Gasteiger charge is -2.29. The van der Waals surface area contributed by atoms with Crippen molar-refractivity contribution in [3.8, 4) is 5.75 Å². The predicted molar refractivity (Wildman–Crippen MR) is 70.5 cm³/mol. The first-order valence-electron chi connectivity index (χ1n) is 6.02. The molecule has 1 unspecified atom stereocenters. The average Bonchev–Trinajstić information content (AvgIpc) is 2.39. The van der Waals surface area contributed by atoms with Gasteiger partial charge in [0.15, 0.2) is 0 Å². The van der Waals surface area contributed by atoms with E-state index in [0.717, 1.165) is 37.2 Å². The monoisotopic (exact) mass is 254 g/mol. The first-order chi connectivity index (χ1) is 8.22. The summed E-state index contributed by atoms with van der Waals surface area (Å²) in [6.07, 6.45) is 2.23. The van der Waals surface area contributed by atoms with E-state index in [2.05, 4.69) is 5.32 Å². The van der Waals surface area contributed by atoms with Crippen LogP contribution in [0.5, 0.6) is 5.75 Å². The maximum absolute atomic E-state index is 6.31. The first kappa shape index (κ1) is 12.7. The molecule has 2 rings (SSSR count). The normalized spacial score (nSPS) is 19.0. The molecule has 4 heteroatoms. The van der Waals surface area contributed by atoms with Crippen LogP contribution in [0.4, 0.5) is 0 Å². The first-order valence-corrected chi connectivity index (χ1v) is 6.40. The lowest BCUT2D eigenvalue weighted by atomic mass is 9.86. The third kappa shape index (κ3) is 2.92. The summed E-state index contributed by atoms with van der Waals surface area (Å²) < 4.78 is 5.14. The molecule has 1 fully saturated rings. The van der Waals surface area contributed by atoms with Crippen LogP contribution in [0.25, 0.3) is 0 Å². The SMILES string of the molecule is COc1ccc(C(N)C2CCNCC2)c(Cl)c1. The van der Waals surface area contributed by atoms with Gasteiger partial charge in [-0.05, 0) is 49.5 Å². The Balaban J connectivity index is 2.15. The van der Waals surface area contributed by atoms with Crippen LogP contribution in [0.2, 0.25) is 5.02 Å². The molecule has 1 aliphatic heterocycles. The maximum Gasteiger partial charge on any atom is 0.120 e. The Morgan fingerprint density at radius 3 is 2.71 bits per heavy atom. The highest BCUT2D eigenvalue weighted by molar-refractivity contribution is 6.31. The van der Waals surface area contributed by atoms with Crippen molar-refractivity contribution in [2.24, 2.45) is 11.7 Å². The molecule has 17 heavy (non-hydrogen) atoms. The van der Waals surface area contributed by atoms with Gasteiger partial charge in [-0.1, -0.05) is 17.7 Å². The molecule has 1 aromatic rings. The third-order valence-corrected chi connectivity index (χ3v) is 3.79. The van der Waals surface area contributed by atoms with Crippen LogP contribution in [0.15, 0.2) is 18.2 Å². The predicted octanol–water partition coefficient (Wildman–Crippen LogP) is 2.35. The van der Waals surface area contributed by atoms with Gasteiger partial charge in [0.05, 0.1) is 7.11 Å². The van der Waals surface area contributed by atoms with Crippen LogP contribution in [0, 0.1) is 5.92 Å². The summed E-state index contributed by atoms with van der Waals surface area (Å²) in [5, 5.41) is 4.05. The van der Waals surface area contributed by atoms with E-state index in [-0.39, 0.29) is 6.04 Å². The van der Waals surface area contributed by atoms with Gasteiger partial charge in [-0.2, -0.15) is 0 Å². The molecule has 3 nitrogen and oxygen atoms in total. The number of nitrogens with one attached hydrogen (secondary N) is 1. The highest BCUT2D eigenvalue weighted by atomic mass is 35.5. The number of ether oxygens (including phenoxy) is 1. The van der Waals surface area contributed by atoms with Gasteiger partial charge in [0.2, 0.25) is 0 Å². The zero-order valence-electron chi connectivity index (χ0n) is 10.1. The summed E-state index contributed by atoms with van der Waals surface area (Å²) in [5.41, 5.74) is 7.34. The lowest BCUT2D eigenvalue weighted by molar-refractivity contribution is 0.322. The molecule has 0 amide bonds. The van der Waals surface area contributed by atoms with Gasteiger partial charge >= 0.3 is 0 Å². The molecule has 0 aromatic heterocycles. The molecule has 0 aliphatic carbocycles. The van der Waals surface area contributed by atoms with Gasteiger partial charge in [0.25, 0.3) is 0 Å². The van der Waals surface area contributed by atoms with Crippen molar-refractivity contribution in [3.05, 3.63) is 28.8 Å². The molecule has 0 radical (unpaired) electrons. The highest BCUT2D eigenvalue weighted by Crippen LogP contribution is 2.33. The Bertz CT molecular complexity index is 378. The third-order valence-electron chi connectivity index (χ3n) is 3.46. The summed E-state index contributed by atoms with van der Waals surface area (Å²) >= 11 is 6.25. The second-order valence-electron chi connectivity index (χ2n) is 4.50. The molecule has 0 bridgehead atoms. The van der Waals surface area contributed by atoms with Crippen molar-refractivity contribution in [2.45, 2.75) is 18.9 Å². The van der Waals surface area contributed by atoms with Crippen molar-refractivity contribution in [2.75, 3.05) is 20.2 Å². The van der Waals surface area contributed by atoms with Crippen LogP contribution in [-0.2, 0) is 0 Å². The van der Waals surface area contributed by atoms with E-state index in [1.807, 2.05) is 18.2 Å². The van der Waals surface area contributed by atoms with Gasteiger partial charge < -0.3 is 15.8 Å². The largest absolute Gasteiger partial charge is 0.497 e. The zero-order chi connectivity index (χ0) is 12.3. The molecule has 94 valence electrons. The molecule has 0 spiro atoms. The van der Waals surface area contributed by atoms with E-state index in [1.54, 1.807) is 7.11 Å². The van der Waals surface area contributed by atoms with Crippen molar-refractivity contribution >= 4 is 11.6 Å². The molecule has 1 saturated heterocycles. The fraction of sp³-hybridized carbons (Fsp3) is 0.538. The number of piperidine rings is 1. The van der Waals surface area contributed by atoms with Crippen LogP contribution < -0.4 is 15.8 Å². The Labute approximate surface area is 107 Å². The number of methoxy groups -OCH3 is 1. The van der Waals surface area contributed by atoms with E-state index in [4.69, 9.17) is 22.1 Å². The summed E-state index contributed by atoms with van der Waals surface area (Å²) in [6, 6.07) is 5.75. The smallest absolute Gasteiger partial charge is 0.120 e. The molecule has 1 aromatic carbocycles. The number of halogens is 1. The van der Waals surface area contributed by atoms with E-state index < -0.39 is 0 Å². The quantitative estimate of drug-likeness (QED) is 0.871. The van der Waals surface area contributed by atoms with Crippen LogP contribution in [-0.4, -0.2) is 20.2 Å². The minimum Gasteiger partial charge on any atom is -0.497 e. The van der Waals surface area contributed by atoms with Gasteiger partial charge in [-0.25, -0.2) is 0 Å². The van der Waals surface area contributed by atoms with E-state index in [1.165, 1.54) is 0 Å². The van der Waals surface area contributed by atoms with Crippen molar-refractivity contribution in [1.82, 2.24) is 5.32 Å². The topological polar surface area (TPSA) is 47.3 Å². The van der Waals surface area contributed by atoms with Crippen LogP contribution >= 0.6 is 11.6 Å². The Hall–Kier alpha value is -0.770. The lowest BCUT2D eigenvalue weighted by Crippen LogP contribution is -2.33. The van der Waals surface area contributed by atoms with Gasteiger partial charge in [0.1, 0.15) is 5.75 Å². The van der Waals surface area contributed by atoms with Gasteiger partial charge in [-0.15, -0.1) is 0 Å². The van der Waals surface area contributed by atoms with Crippen molar-refractivity contribution < 1.29 is 4.74 Å². The number of nitrogens with two attached hydrogens (primary N) is 1. The van der Waals surface area contributed by atoms with Crippen LogP contribution in [0.3, 0.4) is 0 Å². The maximum atomic E-state index is 6.31. The fourth-order valence-corrected chi connectivity index (χ4v) is 2.66. The fourth-order valence-electron chi connectivity index (χ4n) is 2.36. The average molecular weight is 255 g/mol. The molecule has 1 aliphatic rings. The zero-order valence-corrected chi connectivity index (χ0v) is 10.8. The van der Waals surface area contributed by atoms with E-state index in [0.29, 0.717) is 10.9 Å². The van der Waals surface area contributed by atoms with E-state index in [9.17, 15) is 0 Å². The number of rotatable bonds is 3. The molecular weight excluding hydrogens is 236 g/mol. The summed E-state index contributed by atoms with van der Waals surface area (Å²) in [5.74, 6) is 1.29. The molecular formula is C13H19ClN2O. The molecule has 3 N–H and O–H groups in total. The Kier molecular flexibility index (Phi) is 4.26. The van der Waals surface area contributed by atoms with E-state index >= 15 is 0 Å². The minimum absolute atomic E-state index is 0.0236. The highest BCUT2D eigenvalue weighted by Gasteiger charge is 2.23. The Morgan fingerprint density at radius 2 is 2.12 bits per heavy atom. The van der Waals surface area contributed by atoms with Crippen molar-refractivity contribution in [3.63, 3.8) is 0 Å². The minimum atomic E-state index is 0.0236. The Morgan fingerprint density at radius 1 is 1.41 bits per heavy atom. The summed E-state index contributed by atoms with van der Waals surface area (Å²) in [4.78, 5) is 0. The molecule has 1 atom stereocenters.